The molecule has 0 atom stereocenters. The molecule has 0 aromatic rings. The summed E-state index contributed by atoms with van der Waals surface area (Å²) in [5, 5.41) is 7.00. The van der Waals surface area contributed by atoms with Gasteiger partial charge in [-0.3, -0.25) is 0 Å². The van der Waals surface area contributed by atoms with Crippen molar-refractivity contribution in [1.29, 1.82) is 0 Å². The number of hydrogen-bond donors (Lipinski definition) is 2. The fraction of sp³-hybridized carbons (Fsp3) is 1.00. The number of ether oxygens (including phenoxy) is 1. The Balaban J connectivity index is 1.23. The predicted molar refractivity (Wildman–Crippen MR) is 73.7 cm³/mol. The molecule has 3 heteroatoms. The first kappa shape index (κ1) is 12.9. The molecule has 0 aromatic heterocycles. The van der Waals surface area contributed by atoms with Crippen LogP contribution in [0.5, 0.6) is 0 Å². The van der Waals surface area contributed by atoms with Gasteiger partial charge in [-0.25, -0.2) is 0 Å². The van der Waals surface area contributed by atoms with Crippen LogP contribution >= 0.6 is 0 Å². The monoisotopic (exact) mass is 252 g/mol. The van der Waals surface area contributed by atoms with Gasteiger partial charge in [-0.2, -0.15) is 0 Å². The molecule has 3 rings (SSSR count). The lowest BCUT2D eigenvalue weighted by Crippen LogP contribution is -2.34. The third-order valence-corrected chi connectivity index (χ3v) is 4.75. The third kappa shape index (κ3) is 3.94. The molecule has 1 aliphatic heterocycles. The van der Waals surface area contributed by atoms with E-state index in [0.717, 1.165) is 44.0 Å². The zero-order chi connectivity index (χ0) is 12.2. The third-order valence-electron chi connectivity index (χ3n) is 4.75. The summed E-state index contributed by atoms with van der Waals surface area (Å²) in [5.74, 6) is 3.12. The van der Waals surface area contributed by atoms with Gasteiger partial charge in [0.15, 0.2) is 0 Å². The molecule has 0 aromatic carbocycles. The molecule has 2 aliphatic carbocycles. The lowest BCUT2D eigenvalue weighted by atomic mass is 9.98. The van der Waals surface area contributed by atoms with E-state index in [1.54, 1.807) is 0 Å². The molecule has 104 valence electrons. The van der Waals surface area contributed by atoms with Crippen LogP contribution in [0.15, 0.2) is 0 Å². The Morgan fingerprint density at radius 3 is 2.28 bits per heavy atom. The average Bonchev–Trinajstić information content (AvgIpc) is 3.29. The van der Waals surface area contributed by atoms with E-state index in [2.05, 4.69) is 10.6 Å². The summed E-state index contributed by atoms with van der Waals surface area (Å²) < 4.78 is 5.91. The first-order valence-electron chi connectivity index (χ1n) is 7.96. The number of hydrogen-bond acceptors (Lipinski definition) is 3. The van der Waals surface area contributed by atoms with Gasteiger partial charge in [0.05, 0.1) is 12.7 Å². The van der Waals surface area contributed by atoms with Crippen molar-refractivity contribution < 1.29 is 4.74 Å². The van der Waals surface area contributed by atoms with Gasteiger partial charge in [0.25, 0.3) is 0 Å². The minimum absolute atomic E-state index is 0.510. The van der Waals surface area contributed by atoms with Gasteiger partial charge in [0.2, 0.25) is 0 Å². The zero-order valence-electron chi connectivity index (χ0n) is 11.5. The van der Waals surface area contributed by atoms with E-state index in [0.29, 0.717) is 6.10 Å². The Hall–Kier alpha value is -0.120. The van der Waals surface area contributed by atoms with Gasteiger partial charge in [0.1, 0.15) is 0 Å². The van der Waals surface area contributed by atoms with E-state index < -0.39 is 0 Å². The Morgan fingerprint density at radius 1 is 1.00 bits per heavy atom. The summed E-state index contributed by atoms with van der Waals surface area (Å²) in [6, 6.07) is 0. The second kappa shape index (κ2) is 6.36. The first-order valence-corrected chi connectivity index (χ1v) is 7.96. The highest BCUT2D eigenvalue weighted by Crippen LogP contribution is 2.48. The van der Waals surface area contributed by atoms with Gasteiger partial charge in [-0.1, -0.05) is 0 Å². The average molecular weight is 252 g/mol. The molecule has 18 heavy (non-hydrogen) atoms. The van der Waals surface area contributed by atoms with E-state index in [-0.39, 0.29) is 0 Å². The standard InChI is InChI=1S/C15H28N2O/c1-2-12(1)15(13-3-4-13)11-17-9-10-18-14-5-7-16-8-6-14/h12-17H,1-11H2. The van der Waals surface area contributed by atoms with Crippen LogP contribution in [-0.4, -0.2) is 38.9 Å². The van der Waals surface area contributed by atoms with Crippen molar-refractivity contribution in [2.75, 3.05) is 32.8 Å². The van der Waals surface area contributed by atoms with E-state index >= 15 is 0 Å². The zero-order valence-corrected chi connectivity index (χ0v) is 11.5. The molecule has 3 nitrogen and oxygen atoms in total. The summed E-state index contributed by atoms with van der Waals surface area (Å²) in [6.07, 6.45) is 8.86. The van der Waals surface area contributed by atoms with Gasteiger partial charge >= 0.3 is 0 Å². The SMILES string of the molecule is C1CC(OCCNCC(C2CC2)C2CC2)CCN1. The molecule has 0 spiro atoms. The summed E-state index contributed by atoms with van der Waals surface area (Å²) in [4.78, 5) is 0. The molecular weight excluding hydrogens is 224 g/mol. The molecule has 3 fully saturated rings. The maximum Gasteiger partial charge on any atom is 0.0600 e. The fourth-order valence-corrected chi connectivity index (χ4v) is 3.30. The molecule has 0 amide bonds. The van der Waals surface area contributed by atoms with Crippen molar-refractivity contribution in [3.05, 3.63) is 0 Å². The highest BCUT2D eigenvalue weighted by atomic mass is 16.5. The van der Waals surface area contributed by atoms with Crippen molar-refractivity contribution in [2.45, 2.75) is 44.6 Å². The van der Waals surface area contributed by atoms with Crippen LogP contribution in [0.1, 0.15) is 38.5 Å². The van der Waals surface area contributed by atoms with E-state index in [9.17, 15) is 0 Å². The van der Waals surface area contributed by atoms with Gasteiger partial charge < -0.3 is 15.4 Å². The maximum atomic E-state index is 5.91. The van der Waals surface area contributed by atoms with E-state index in [1.165, 1.54) is 45.1 Å². The van der Waals surface area contributed by atoms with E-state index in [1.807, 2.05) is 0 Å². The second-order valence-electron chi connectivity index (χ2n) is 6.36. The van der Waals surface area contributed by atoms with Crippen LogP contribution in [0.2, 0.25) is 0 Å². The maximum absolute atomic E-state index is 5.91. The van der Waals surface area contributed by atoms with Crippen molar-refractivity contribution in [3.63, 3.8) is 0 Å². The normalized spacial score (nSPS) is 25.8. The van der Waals surface area contributed by atoms with Gasteiger partial charge in [0, 0.05) is 6.54 Å². The molecule has 1 heterocycles. The molecule has 2 N–H and O–H groups in total. The van der Waals surface area contributed by atoms with Crippen LogP contribution in [0.4, 0.5) is 0 Å². The molecule has 1 saturated heterocycles. The van der Waals surface area contributed by atoms with Gasteiger partial charge in [-0.15, -0.1) is 0 Å². The summed E-state index contributed by atoms with van der Waals surface area (Å²) in [7, 11) is 0. The van der Waals surface area contributed by atoms with E-state index in [4.69, 9.17) is 4.74 Å². The summed E-state index contributed by atoms with van der Waals surface area (Å²) in [6.45, 7) is 5.44. The lowest BCUT2D eigenvalue weighted by molar-refractivity contribution is 0.0344. The molecular formula is C15H28N2O. The number of piperidine rings is 1. The summed E-state index contributed by atoms with van der Waals surface area (Å²) >= 11 is 0. The molecule has 2 saturated carbocycles. The predicted octanol–water partition coefficient (Wildman–Crippen LogP) is 1.78. The van der Waals surface area contributed by atoms with Crippen molar-refractivity contribution in [3.8, 4) is 0 Å². The smallest absolute Gasteiger partial charge is 0.0600 e. The lowest BCUT2D eigenvalue weighted by Gasteiger charge is -2.23. The molecule has 0 radical (unpaired) electrons. The topological polar surface area (TPSA) is 33.3 Å². The van der Waals surface area contributed by atoms with Crippen molar-refractivity contribution >= 4 is 0 Å². The largest absolute Gasteiger partial charge is 0.377 e. The highest BCUT2D eigenvalue weighted by Gasteiger charge is 2.40. The molecule has 3 aliphatic rings. The van der Waals surface area contributed by atoms with Crippen molar-refractivity contribution in [2.24, 2.45) is 17.8 Å². The minimum Gasteiger partial charge on any atom is -0.377 e. The minimum atomic E-state index is 0.510. The van der Waals surface area contributed by atoms with Crippen LogP contribution in [-0.2, 0) is 4.74 Å². The Morgan fingerprint density at radius 2 is 1.67 bits per heavy atom. The highest BCUT2D eigenvalue weighted by molar-refractivity contribution is 4.92. The molecule has 0 unspecified atom stereocenters. The number of nitrogens with one attached hydrogen (secondary N) is 2. The van der Waals surface area contributed by atoms with Crippen LogP contribution in [0.25, 0.3) is 0 Å². The Kier molecular flexibility index (Phi) is 4.55. The van der Waals surface area contributed by atoms with Crippen LogP contribution in [0, 0.1) is 17.8 Å². The quantitative estimate of drug-likeness (QED) is 0.646. The fourth-order valence-electron chi connectivity index (χ4n) is 3.30. The van der Waals surface area contributed by atoms with Crippen LogP contribution in [0.3, 0.4) is 0 Å². The number of rotatable bonds is 8. The Bertz CT molecular complexity index is 233. The van der Waals surface area contributed by atoms with Crippen molar-refractivity contribution in [1.82, 2.24) is 10.6 Å². The van der Waals surface area contributed by atoms with Crippen LogP contribution < -0.4 is 10.6 Å². The molecule has 0 bridgehead atoms. The second-order valence-corrected chi connectivity index (χ2v) is 6.36. The first-order chi connectivity index (χ1) is 8.93. The van der Waals surface area contributed by atoms with Gasteiger partial charge in [-0.05, 0) is 75.9 Å². The Labute approximate surface area is 111 Å². The summed E-state index contributed by atoms with van der Waals surface area (Å²) in [5.41, 5.74) is 0.